The van der Waals surface area contributed by atoms with Gasteiger partial charge in [-0.2, -0.15) is 10.4 Å². The number of halogens is 1. The molecule has 0 saturated heterocycles. The van der Waals surface area contributed by atoms with Crippen molar-refractivity contribution in [2.24, 2.45) is 0 Å². The fraction of sp³-hybridized carbons (Fsp3) is 0.0588. The number of aromatic nitrogens is 2. The van der Waals surface area contributed by atoms with Gasteiger partial charge < -0.3 is 0 Å². The summed E-state index contributed by atoms with van der Waals surface area (Å²) in [6.45, 7) is 1.71. The van der Waals surface area contributed by atoms with Gasteiger partial charge in [-0.25, -0.2) is 17.5 Å². The summed E-state index contributed by atoms with van der Waals surface area (Å²) >= 11 is 0. The number of para-hydroxylation sites is 1. The van der Waals surface area contributed by atoms with Crippen molar-refractivity contribution in [1.82, 2.24) is 9.78 Å². The average Bonchev–Trinajstić information content (AvgIpc) is 3.06. The van der Waals surface area contributed by atoms with Gasteiger partial charge in [-0.1, -0.05) is 24.3 Å². The van der Waals surface area contributed by atoms with Crippen molar-refractivity contribution in [2.75, 3.05) is 4.72 Å². The summed E-state index contributed by atoms with van der Waals surface area (Å²) in [6, 6.07) is 12.7. The fourth-order valence-electron chi connectivity index (χ4n) is 2.32. The predicted molar refractivity (Wildman–Crippen MR) is 90.2 cm³/mol. The standard InChI is InChI=1S/C17H13FN4O2S/c1-12-5-4-7-16(14(12)9-19)21-25(23,24)13-10-20-22(11-13)17-8-3-2-6-15(17)18/h2-8,10-11,21H,1H3. The van der Waals surface area contributed by atoms with Gasteiger partial charge in [0.15, 0.2) is 0 Å². The Hall–Kier alpha value is -3.18. The molecule has 1 aromatic heterocycles. The second-order valence-corrected chi connectivity index (χ2v) is 6.97. The number of hydrogen-bond acceptors (Lipinski definition) is 4. The highest BCUT2D eigenvalue weighted by Crippen LogP contribution is 2.23. The molecule has 0 aliphatic rings. The molecule has 25 heavy (non-hydrogen) atoms. The first-order valence-corrected chi connectivity index (χ1v) is 8.73. The van der Waals surface area contributed by atoms with Gasteiger partial charge in [-0.15, -0.1) is 0 Å². The van der Waals surface area contributed by atoms with Crippen molar-refractivity contribution in [3.05, 3.63) is 71.8 Å². The fourth-order valence-corrected chi connectivity index (χ4v) is 3.32. The molecule has 0 atom stereocenters. The molecule has 0 unspecified atom stereocenters. The van der Waals surface area contributed by atoms with E-state index in [1.165, 1.54) is 30.5 Å². The van der Waals surface area contributed by atoms with Gasteiger partial charge in [0.2, 0.25) is 0 Å². The van der Waals surface area contributed by atoms with Gasteiger partial charge in [0.1, 0.15) is 22.5 Å². The minimum Gasteiger partial charge on any atom is -0.278 e. The third-order valence-corrected chi connectivity index (χ3v) is 4.92. The molecule has 8 heteroatoms. The molecule has 0 spiro atoms. The topological polar surface area (TPSA) is 87.8 Å². The largest absolute Gasteiger partial charge is 0.278 e. The van der Waals surface area contributed by atoms with Crippen LogP contribution in [0.3, 0.4) is 0 Å². The van der Waals surface area contributed by atoms with E-state index in [-0.39, 0.29) is 21.8 Å². The van der Waals surface area contributed by atoms with Crippen LogP contribution in [-0.4, -0.2) is 18.2 Å². The third kappa shape index (κ3) is 3.22. The summed E-state index contributed by atoms with van der Waals surface area (Å²) in [6.07, 6.45) is 2.33. The smallest absolute Gasteiger partial charge is 0.265 e. The zero-order chi connectivity index (χ0) is 18.0. The monoisotopic (exact) mass is 356 g/mol. The zero-order valence-corrected chi connectivity index (χ0v) is 14.0. The van der Waals surface area contributed by atoms with Crippen LogP contribution in [0.4, 0.5) is 10.1 Å². The first-order valence-electron chi connectivity index (χ1n) is 7.24. The SMILES string of the molecule is Cc1cccc(NS(=O)(=O)c2cnn(-c3ccccc3F)c2)c1C#N. The van der Waals surface area contributed by atoms with Crippen LogP contribution in [0.15, 0.2) is 59.8 Å². The molecule has 0 bridgehead atoms. The lowest BCUT2D eigenvalue weighted by molar-refractivity contribution is 0.600. The van der Waals surface area contributed by atoms with E-state index < -0.39 is 15.8 Å². The van der Waals surface area contributed by atoms with Gasteiger partial charge in [0.25, 0.3) is 10.0 Å². The molecule has 1 N–H and O–H groups in total. The second-order valence-electron chi connectivity index (χ2n) is 5.29. The van der Waals surface area contributed by atoms with Crippen LogP contribution < -0.4 is 4.72 Å². The quantitative estimate of drug-likeness (QED) is 0.778. The minimum absolute atomic E-state index is 0.136. The third-order valence-electron chi connectivity index (χ3n) is 3.60. The highest BCUT2D eigenvalue weighted by Gasteiger charge is 2.19. The number of nitrogens with one attached hydrogen (secondary N) is 1. The Bertz CT molecular complexity index is 1080. The lowest BCUT2D eigenvalue weighted by atomic mass is 10.1. The van der Waals surface area contributed by atoms with Crippen molar-refractivity contribution in [3.63, 3.8) is 0 Å². The lowest BCUT2D eigenvalue weighted by Crippen LogP contribution is -2.13. The van der Waals surface area contributed by atoms with Crippen LogP contribution in [0, 0.1) is 24.1 Å². The van der Waals surface area contributed by atoms with Crippen LogP contribution in [-0.2, 0) is 10.0 Å². The molecule has 3 aromatic rings. The van der Waals surface area contributed by atoms with Gasteiger partial charge in [-0.3, -0.25) is 4.72 Å². The first-order chi connectivity index (χ1) is 11.9. The first kappa shape index (κ1) is 16.7. The molecule has 0 radical (unpaired) electrons. The number of aryl methyl sites for hydroxylation is 1. The number of sulfonamides is 1. The molecular weight excluding hydrogens is 343 g/mol. The van der Waals surface area contributed by atoms with Gasteiger partial charge in [0, 0.05) is 0 Å². The van der Waals surface area contributed by atoms with E-state index in [0.717, 1.165) is 10.9 Å². The van der Waals surface area contributed by atoms with Crippen molar-refractivity contribution in [3.8, 4) is 11.8 Å². The van der Waals surface area contributed by atoms with Gasteiger partial charge >= 0.3 is 0 Å². The molecule has 2 aromatic carbocycles. The number of nitriles is 1. The Labute approximate surface area is 144 Å². The van der Waals surface area contributed by atoms with E-state index in [9.17, 15) is 18.1 Å². The van der Waals surface area contributed by atoms with E-state index in [4.69, 9.17) is 0 Å². The summed E-state index contributed by atoms with van der Waals surface area (Å²) in [4.78, 5) is -0.138. The van der Waals surface area contributed by atoms with Crippen LogP contribution in [0.5, 0.6) is 0 Å². The van der Waals surface area contributed by atoms with Crippen molar-refractivity contribution in [2.45, 2.75) is 11.8 Å². The molecule has 126 valence electrons. The maximum atomic E-state index is 13.8. The Morgan fingerprint density at radius 2 is 1.96 bits per heavy atom. The molecule has 3 rings (SSSR count). The predicted octanol–water partition coefficient (Wildman–Crippen LogP) is 2.99. The highest BCUT2D eigenvalue weighted by molar-refractivity contribution is 7.92. The van der Waals surface area contributed by atoms with Crippen LogP contribution in [0.1, 0.15) is 11.1 Å². The van der Waals surface area contributed by atoms with Crippen molar-refractivity contribution >= 4 is 15.7 Å². The lowest BCUT2D eigenvalue weighted by Gasteiger charge is -2.09. The van der Waals surface area contributed by atoms with Crippen LogP contribution >= 0.6 is 0 Å². The molecule has 1 heterocycles. The summed E-state index contributed by atoms with van der Waals surface area (Å²) in [5.74, 6) is -0.520. The van der Waals surface area contributed by atoms with Gasteiger partial charge in [0.05, 0.1) is 23.6 Å². The number of nitrogens with zero attached hydrogens (tertiary/aromatic N) is 3. The van der Waals surface area contributed by atoms with Gasteiger partial charge in [-0.05, 0) is 30.7 Å². The Morgan fingerprint density at radius 1 is 1.20 bits per heavy atom. The van der Waals surface area contributed by atoms with E-state index >= 15 is 0 Å². The van der Waals surface area contributed by atoms with Crippen LogP contribution in [0.25, 0.3) is 5.69 Å². The molecular formula is C17H13FN4O2S. The normalized spacial score (nSPS) is 11.1. The molecule has 0 saturated carbocycles. The van der Waals surface area contributed by atoms with Crippen molar-refractivity contribution < 1.29 is 12.8 Å². The maximum Gasteiger partial charge on any atom is 0.265 e. The minimum atomic E-state index is -3.97. The summed E-state index contributed by atoms with van der Waals surface area (Å²) in [5.41, 5.74) is 1.22. The summed E-state index contributed by atoms with van der Waals surface area (Å²) in [7, 11) is -3.97. The average molecular weight is 356 g/mol. The number of benzene rings is 2. The van der Waals surface area contributed by atoms with Crippen LogP contribution in [0.2, 0.25) is 0 Å². The summed E-state index contributed by atoms with van der Waals surface area (Å²) < 4.78 is 42.4. The molecule has 0 fully saturated rings. The molecule has 0 aliphatic heterocycles. The number of rotatable bonds is 4. The van der Waals surface area contributed by atoms with E-state index in [2.05, 4.69) is 9.82 Å². The number of hydrogen-bond donors (Lipinski definition) is 1. The van der Waals surface area contributed by atoms with Crippen molar-refractivity contribution in [1.29, 1.82) is 5.26 Å². The second kappa shape index (κ2) is 6.37. The van der Waals surface area contributed by atoms with E-state index in [1.54, 1.807) is 25.1 Å². The number of anilines is 1. The molecule has 6 nitrogen and oxygen atoms in total. The van der Waals surface area contributed by atoms with E-state index in [1.807, 2.05) is 6.07 Å². The zero-order valence-electron chi connectivity index (χ0n) is 13.1. The molecule has 0 amide bonds. The Kier molecular flexibility index (Phi) is 4.25. The highest BCUT2D eigenvalue weighted by atomic mass is 32.2. The maximum absolute atomic E-state index is 13.8. The summed E-state index contributed by atoms with van der Waals surface area (Å²) in [5, 5.41) is 13.1. The Morgan fingerprint density at radius 3 is 2.68 bits per heavy atom. The Balaban J connectivity index is 1.96. The van der Waals surface area contributed by atoms with E-state index in [0.29, 0.717) is 5.56 Å². The molecule has 0 aliphatic carbocycles.